The van der Waals surface area contributed by atoms with Gasteiger partial charge in [0.2, 0.25) is 5.88 Å². The summed E-state index contributed by atoms with van der Waals surface area (Å²) in [5, 5.41) is 2.90. The Balaban J connectivity index is 1.30. The number of rotatable bonds is 7. The van der Waals surface area contributed by atoms with E-state index in [1.165, 1.54) is 11.1 Å². The number of halogens is 1. The van der Waals surface area contributed by atoms with Crippen molar-refractivity contribution >= 4 is 22.0 Å². The van der Waals surface area contributed by atoms with E-state index in [2.05, 4.69) is 69.3 Å². The molecule has 1 aliphatic rings. The fraction of sp³-hybridized carbons (Fsp3) is 0.393. The highest BCUT2D eigenvalue weighted by Gasteiger charge is 2.33. The fourth-order valence-electron chi connectivity index (χ4n) is 4.00. The van der Waals surface area contributed by atoms with Crippen molar-refractivity contribution in [1.29, 1.82) is 0 Å². The molecule has 0 spiro atoms. The maximum absolute atomic E-state index is 11.9. The topological polar surface area (TPSA) is 82.6 Å². The number of alkyl carbamates (subject to hydrolysis) is 1. The Hall–Kier alpha value is -3.13. The van der Waals surface area contributed by atoms with Gasteiger partial charge in [-0.2, -0.15) is 4.98 Å². The van der Waals surface area contributed by atoms with Crippen molar-refractivity contribution in [1.82, 2.24) is 15.3 Å². The van der Waals surface area contributed by atoms with E-state index in [-0.39, 0.29) is 23.7 Å². The van der Waals surface area contributed by atoms with E-state index in [0.717, 1.165) is 18.6 Å². The first-order valence-electron chi connectivity index (χ1n) is 12.0. The highest BCUT2D eigenvalue weighted by atomic mass is 79.9. The van der Waals surface area contributed by atoms with Gasteiger partial charge in [0.15, 0.2) is 4.73 Å². The van der Waals surface area contributed by atoms with Gasteiger partial charge in [0.1, 0.15) is 23.2 Å². The van der Waals surface area contributed by atoms with Gasteiger partial charge in [-0.25, -0.2) is 9.78 Å². The summed E-state index contributed by atoms with van der Waals surface area (Å²) in [6.45, 7) is 9.95. The molecule has 4 rings (SSSR count). The quantitative estimate of drug-likeness (QED) is 0.324. The molecule has 1 heterocycles. The molecule has 2 aromatic carbocycles. The first-order valence-corrected chi connectivity index (χ1v) is 12.8. The Kier molecular flexibility index (Phi) is 7.54. The van der Waals surface area contributed by atoms with Crippen LogP contribution in [0, 0.1) is 0 Å². The molecule has 0 radical (unpaired) electrons. The molecule has 0 aliphatic heterocycles. The van der Waals surface area contributed by atoms with Gasteiger partial charge >= 0.3 is 6.09 Å². The van der Waals surface area contributed by atoms with Gasteiger partial charge in [0.05, 0.1) is 0 Å². The Morgan fingerprint density at radius 3 is 2.06 bits per heavy atom. The molecule has 7 nitrogen and oxygen atoms in total. The van der Waals surface area contributed by atoms with Crippen LogP contribution in [0.2, 0.25) is 0 Å². The number of carbonyl (C=O) groups is 1. The predicted molar refractivity (Wildman–Crippen MR) is 142 cm³/mol. The normalized spacial score (nSPS) is 17.6. The molecule has 0 bridgehead atoms. The van der Waals surface area contributed by atoms with Crippen LogP contribution in [0.1, 0.15) is 58.6 Å². The minimum atomic E-state index is -0.496. The van der Waals surface area contributed by atoms with Crippen molar-refractivity contribution in [3.05, 3.63) is 76.7 Å². The summed E-state index contributed by atoms with van der Waals surface area (Å²) in [4.78, 5) is 20.1. The van der Waals surface area contributed by atoms with Crippen molar-refractivity contribution in [3.63, 3.8) is 0 Å². The highest BCUT2D eigenvalue weighted by molar-refractivity contribution is 9.10. The van der Waals surface area contributed by atoms with Gasteiger partial charge in [-0.3, -0.25) is 0 Å². The first-order chi connectivity index (χ1) is 17.0. The number of benzene rings is 2. The summed E-state index contributed by atoms with van der Waals surface area (Å²) in [6, 6.07) is 18.1. The number of aromatic nitrogens is 2. The lowest BCUT2D eigenvalue weighted by Crippen LogP contribution is -2.50. The molecule has 36 heavy (non-hydrogen) atoms. The monoisotopic (exact) mass is 553 g/mol. The van der Waals surface area contributed by atoms with Crippen LogP contribution in [-0.4, -0.2) is 33.8 Å². The molecule has 8 heteroatoms. The molecule has 0 atom stereocenters. The number of nitrogens with one attached hydrogen (secondary N) is 1. The highest BCUT2D eigenvalue weighted by Crippen LogP contribution is 2.35. The third kappa shape index (κ3) is 6.75. The van der Waals surface area contributed by atoms with Gasteiger partial charge in [-0.05, 0) is 72.1 Å². The number of hydrogen-bond acceptors (Lipinski definition) is 6. The van der Waals surface area contributed by atoms with E-state index < -0.39 is 5.60 Å². The van der Waals surface area contributed by atoms with Crippen molar-refractivity contribution in [3.8, 4) is 17.4 Å². The predicted octanol–water partition coefficient (Wildman–Crippen LogP) is 6.79. The first kappa shape index (κ1) is 25.9. The van der Waals surface area contributed by atoms with Crippen LogP contribution in [0.3, 0.4) is 0 Å². The van der Waals surface area contributed by atoms with Gasteiger partial charge in [-0.15, -0.1) is 0 Å². The zero-order valence-corrected chi connectivity index (χ0v) is 22.8. The van der Waals surface area contributed by atoms with E-state index in [9.17, 15) is 4.79 Å². The number of hydrogen-bond donors (Lipinski definition) is 1. The van der Waals surface area contributed by atoms with Crippen LogP contribution in [0.15, 0.2) is 65.5 Å². The maximum atomic E-state index is 11.9. The summed E-state index contributed by atoms with van der Waals surface area (Å²) in [6.07, 6.45) is 2.90. The lowest BCUT2D eigenvalue weighted by molar-refractivity contribution is 0.0363. The zero-order valence-electron chi connectivity index (χ0n) is 21.2. The average molecular weight is 554 g/mol. The average Bonchev–Trinajstić information content (AvgIpc) is 2.77. The number of nitrogens with zero attached hydrogens (tertiary/aromatic N) is 2. The molecule has 190 valence electrons. The van der Waals surface area contributed by atoms with Crippen molar-refractivity contribution in [2.24, 2.45) is 0 Å². The molecule has 3 aromatic rings. The molecule has 0 saturated heterocycles. The summed E-state index contributed by atoms with van der Waals surface area (Å²) in [5.74, 6) is 2.02. The summed E-state index contributed by atoms with van der Waals surface area (Å²) >= 11 is 3.25. The molecule has 1 saturated carbocycles. The van der Waals surface area contributed by atoms with Crippen LogP contribution in [0.25, 0.3) is 0 Å². The minimum Gasteiger partial charge on any atom is -0.490 e. The molecule has 1 aromatic heterocycles. The second-order valence-corrected chi connectivity index (χ2v) is 11.2. The molecule has 0 unspecified atom stereocenters. The van der Waals surface area contributed by atoms with Gasteiger partial charge in [0.25, 0.3) is 0 Å². The molecule has 1 amide bonds. The van der Waals surface area contributed by atoms with E-state index in [1.807, 2.05) is 45.0 Å². The summed E-state index contributed by atoms with van der Waals surface area (Å²) in [5.41, 5.74) is 1.65. The number of ether oxygens (including phenoxy) is 3. The van der Waals surface area contributed by atoms with E-state index >= 15 is 0 Å². The maximum Gasteiger partial charge on any atom is 0.407 e. The standard InChI is InChI=1S/C28H32BrN3O4/c1-27(2,3)36-26(33)31-20-16-23(17-20)34-21-10-6-18(7-11-21)28(4,5)19-8-12-22(13-9-19)35-24-14-15-30-25(29)32-24/h6-15,20,23H,16-17H2,1-5H3,(H,31,33). The van der Waals surface area contributed by atoms with Crippen LogP contribution < -0.4 is 14.8 Å². The van der Waals surface area contributed by atoms with Crippen LogP contribution in [0.5, 0.6) is 17.4 Å². The van der Waals surface area contributed by atoms with Crippen molar-refractivity contribution in [2.75, 3.05) is 0 Å². The molecule has 1 aliphatic carbocycles. The van der Waals surface area contributed by atoms with E-state index in [1.54, 1.807) is 12.3 Å². The largest absolute Gasteiger partial charge is 0.490 e. The zero-order chi connectivity index (χ0) is 25.9. The third-order valence-corrected chi connectivity index (χ3v) is 6.48. The lowest BCUT2D eigenvalue weighted by atomic mass is 9.78. The lowest BCUT2D eigenvalue weighted by Gasteiger charge is -2.36. The Morgan fingerprint density at radius 1 is 0.917 bits per heavy atom. The molecule has 1 N–H and O–H groups in total. The Bertz CT molecular complexity index is 1180. The number of carbonyl (C=O) groups excluding carboxylic acids is 1. The van der Waals surface area contributed by atoms with Crippen LogP contribution in [0.4, 0.5) is 4.79 Å². The second kappa shape index (κ2) is 10.5. The molecular weight excluding hydrogens is 522 g/mol. The van der Waals surface area contributed by atoms with Crippen LogP contribution in [-0.2, 0) is 10.2 Å². The Morgan fingerprint density at radius 2 is 1.50 bits per heavy atom. The Labute approximate surface area is 220 Å². The van der Waals surface area contributed by atoms with Gasteiger partial charge in [-0.1, -0.05) is 38.1 Å². The van der Waals surface area contributed by atoms with Crippen LogP contribution >= 0.6 is 15.9 Å². The third-order valence-electron chi connectivity index (χ3n) is 6.09. The van der Waals surface area contributed by atoms with Crippen molar-refractivity contribution in [2.45, 2.75) is 70.6 Å². The second-order valence-electron chi connectivity index (χ2n) is 10.5. The summed E-state index contributed by atoms with van der Waals surface area (Å²) in [7, 11) is 0. The minimum absolute atomic E-state index is 0.0888. The SMILES string of the molecule is CC(C)(C)OC(=O)NC1CC(Oc2ccc(C(C)(C)c3ccc(Oc4ccnc(Br)n4)cc3)cc2)C1. The molecule has 1 fully saturated rings. The van der Waals surface area contributed by atoms with Crippen molar-refractivity contribution < 1.29 is 19.0 Å². The van der Waals surface area contributed by atoms with Gasteiger partial charge < -0.3 is 19.5 Å². The number of amides is 1. The fourth-order valence-corrected chi connectivity index (χ4v) is 4.29. The summed E-state index contributed by atoms with van der Waals surface area (Å²) < 4.78 is 17.7. The van der Waals surface area contributed by atoms with Gasteiger partial charge in [0, 0.05) is 36.6 Å². The smallest absolute Gasteiger partial charge is 0.407 e. The molecular formula is C28H32BrN3O4. The van der Waals surface area contributed by atoms with E-state index in [4.69, 9.17) is 14.2 Å². The van der Waals surface area contributed by atoms with E-state index in [0.29, 0.717) is 16.4 Å².